The van der Waals surface area contributed by atoms with Gasteiger partial charge in [0.15, 0.2) is 0 Å². The van der Waals surface area contributed by atoms with Crippen LogP contribution in [0.25, 0.3) is 22.3 Å². The molecule has 82 valence electrons. The fourth-order valence-corrected chi connectivity index (χ4v) is 1.82. The first-order chi connectivity index (χ1) is 8.38. The molecule has 0 fully saturated rings. The second kappa shape index (κ2) is 3.83. The predicted octanol–water partition coefficient (Wildman–Crippen LogP) is 2.44. The van der Waals surface area contributed by atoms with E-state index in [0.29, 0.717) is 5.56 Å². The smallest absolute Gasteiger partial charge is 0.150 e. The molecule has 17 heavy (non-hydrogen) atoms. The summed E-state index contributed by atoms with van der Waals surface area (Å²) in [6.45, 7) is 0. The molecule has 1 aromatic carbocycles. The normalized spacial score (nSPS) is 10.6. The Kier molecular flexibility index (Phi) is 2.19. The van der Waals surface area contributed by atoms with Crippen molar-refractivity contribution >= 4 is 17.3 Å². The van der Waals surface area contributed by atoms with Gasteiger partial charge in [0.1, 0.15) is 18.3 Å². The maximum Gasteiger partial charge on any atom is 0.150 e. The number of hydrogen-bond donors (Lipinski definition) is 1. The molecule has 0 atom stereocenters. The first kappa shape index (κ1) is 9.72. The number of H-pyrrole nitrogens is 1. The second-order valence-corrected chi connectivity index (χ2v) is 3.70. The molecule has 0 amide bonds. The van der Waals surface area contributed by atoms with Gasteiger partial charge in [-0.25, -0.2) is 9.97 Å². The average molecular weight is 223 g/mol. The molecule has 4 heteroatoms. The first-order valence-electron chi connectivity index (χ1n) is 5.22. The SMILES string of the molecule is O=Cc1ccc(-c2ncnc3[nH]ccc23)cc1. The molecule has 2 aromatic heterocycles. The van der Waals surface area contributed by atoms with E-state index in [9.17, 15) is 4.79 Å². The van der Waals surface area contributed by atoms with Gasteiger partial charge in [-0.2, -0.15) is 0 Å². The zero-order valence-electron chi connectivity index (χ0n) is 8.92. The van der Waals surface area contributed by atoms with E-state index in [-0.39, 0.29) is 0 Å². The van der Waals surface area contributed by atoms with Crippen molar-refractivity contribution in [3.63, 3.8) is 0 Å². The molecule has 1 N–H and O–H groups in total. The second-order valence-electron chi connectivity index (χ2n) is 3.70. The van der Waals surface area contributed by atoms with Gasteiger partial charge in [0.25, 0.3) is 0 Å². The van der Waals surface area contributed by atoms with Gasteiger partial charge in [-0.15, -0.1) is 0 Å². The summed E-state index contributed by atoms with van der Waals surface area (Å²) in [6, 6.07) is 9.28. The number of rotatable bonds is 2. The Morgan fingerprint density at radius 1 is 1.06 bits per heavy atom. The van der Waals surface area contributed by atoms with Crippen molar-refractivity contribution in [2.75, 3.05) is 0 Å². The standard InChI is InChI=1S/C13H9N3O/c17-7-9-1-3-10(4-2-9)12-11-5-6-14-13(11)16-8-15-12/h1-8H,(H,14,15,16). The monoisotopic (exact) mass is 223 g/mol. The van der Waals surface area contributed by atoms with Crippen LogP contribution in [0.1, 0.15) is 10.4 Å². The first-order valence-corrected chi connectivity index (χ1v) is 5.22. The third kappa shape index (κ3) is 1.59. The maximum absolute atomic E-state index is 10.6. The highest BCUT2D eigenvalue weighted by Crippen LogP contribution is 2.24. The summed E-state index contributed by atoms with van der Waals surface area (Å²) in [6.07, 6.45) is 4.19. The fourth-order valence-electron chi connectivity index (χ4n) is 1.82. The molecule has 0 unspecified atom stereocenters. The topological polar surface area (TPSA) is 58.6 Å². The van der Waals surface area contributed by atoms with Crippen molar-refractivity contribution in [2.45, 2.75) is 0 Å². The molecule has 0 bridgehead atoms. The number of benzene rings is 1. The number of nitrogens with zero attached hydrogens (tertiary/aromatic N) is 2. The van der Waals surface area contributed by atoms with E-state index < -0.39 is 0 Å². The summed E-state index contributed by atoms with van der Waals surface area (Å²) in [4.78, 5) is 22.1. The Labute approximate surface area is 97.3 Å². The summed E-state index contributed by atoms with van der Waals surface area (Å²) in [7, 11) is 0. The fraction of sp³-hybridized carbons (Fsp3) is 0. The number of nitrogens with one attached hydrogen (secondary N) is 1. The molecule has 0 aliphatic heterocycles. The molecule has 0 saturated heterocycles. The quantitative estimate of drug-likeness (QED) is 0.679. The minimum atomic E-state index is 0.660. The third-order valence-corrected chi connectivity index (χ3v) is 2.67. The highest BCUT2D eigenvalue weighted by molar-refractivity contribution is 5.90. The average Bonchev–Trinajstić information content (AvgIpc) is 2.87. The van der Waals surface area contributed by atoms with Crippen molar-refractivity contribution < 1.29 is 4.79 Å². The van der Waals surface area contributed by atoms with Crippen molar-refractivity contribution in [3.8, 4) is 11.3 Å². The minimum Gasteiger partial charge on any atom is -0.346 e. The molecular formula is C13H9N3O. The van der Waals surface area contributed by atoms with Crippen LogP contribution in [0.3, 0.4) is 0 Å². The van der Waals surface area contributed by atoms with Crippen molar-refractivity contribution in [3.05, 3.63) is 48.4 Å². The van der Waals surface area contributed by atoms with E-state index in [4.69, 9.17) is 0 Å². The number of carbonyl (C=O) groups is 1. The Balaban J connectivity index is 2.19. The van der Waals surface area contributed by atoms with Gasteiger partial charge in [0.2, 0.25) is 0 Å². The maximum atomic E-state index is 10.6. The highest BCUT2D eigenvalue weighted by atomic mass is 16.1. The molecule has 2 heterocycles. The van der Waals surface area contributed by atoms with E-state index in [0.717, 1.165) is 28.6 Å². The van der Waals surface area contributed by atoms with Crippen LogP contribution in [-0.2, 0) is 0 Å². The molecule has 0 saturated carbocycles. The Morgan fingerprint density at radius 2 is 1.88 bits per heavy atom. The number of aromatic amines is 1. The Hall–Kier alpha value is -2.49. The molecule has 0 spiro atoms. The Bertz CT molecular complexity index is 670. The lowest BCUT2D eigenvalue weighted by Gasteiger charge is -2.02. The van der Waals surface area contributed by atoms with Crippen molar-refractivity contribution in [2.24, 2.45) is 0 Å². The lowest BCUT2D eigenvalue weighted by Crippen LogP contribution is -1.87. The zero-order chi connectivity index (χ0) is 11.7. The number of fused-ring (bicyclic) bond motifs is 1. The van der Waals surface area contributed by atoms with E-state index in [1.165, 1.54) is 6.33 Å². The summed E-state index contributed by atoms with van der Waals surface area (Å²) < 4.78 is 0. The van der Waals surface area contributed by atoms with Crippen LogP contribution in [0.2, 0.25) is 0 Å². The predicted molar refractivity (Wildman–Crippen MR) is 64.7 cm³/mol. The largest absolute Gasteiger partial charge is 0.346 e. The van der Waals surface area contributed by atoms with E-state index >= 15 is 0 Å². The van der Waals surface area contributed by atoms with Gasteiger partial charge in [-0.3, -0.25) is 4.79 Å². The minimum absolute atomic E-state index is 0.660. The summed E-state index contributed by atoms with van der Waals surface area (Å²) in [5.41, 5.74) is 3.32. The number of aldehydes is 1. The van der Waals surface area contributed by atoms with Crippen LogP contribution < -0.4 is 0 Å². The van der Waals surface area contributed by atoms with Gasteiger partial charge in [0.05, 0.1) is 5.69 Å². The van der Waals surface area contributed by atoms with Crippen LogP contribution in [0.4, 0.5) is 0 Å². The van der Waals surface area contributed by atoms with Crippen LogP contribution in [-0.4, -0.2) is 21.2 Å². The number of hydrogen-bond acceptors (Lipinski definition) is 3. The summed E-state index contributed by atoms with van der Waals surface area (Å²) >= 11 is 0. The molecule has 3 aromatic rings. The van der Waals surface area contributed by atoms with Crippen LogP contribution in [0, 0.1) is 0 Å². The summed E-state index contributed by atoms with van der Waals surface area (Å²) in [5.74, 6) is 0. The van der Waals surface area contributed by atoms with Crippen molar-refractivity contribution in [1.82, 2.24) is 15.0 Å². The number of aromatic nitrogens is 3. The zero-order valence-corrected chi connectivity index (χ0v) is 8.92. The molecule has 0 radical (unpaired) electrons. The van der Waals surface area contributed by atoms with Gasteiger partial charge in [-0.05, 0) is 6.07 Å². The van der Waals surface area contributed by atoms with Gasteiger partial charge < -0.3 is 4.98 Å². The van der Waals surface area contributed by atoms with Crippen LogP contribution in [0.5, 0.6) is 0 Å². The molecule has 4 nitrogen and oxygen atoms in total. The van der Waals surface area contributed by atoms with Crippen molar-refractivity contribution in [1.29, 1.82) is 0 Å². The lowest BCUT2D eigenvalue weighted by molar-refractivity contribution is 0.112. The van der Waals surface area contributed by atoms with E-state index in [1.807, 2.05) is 24.4 Å². The van der Waals surface area contributed by atoms with E-state index in [2.05, 4.69) is 15.0 Å². The third-order valence-electron chi connectivity index (χ3n) is 2.67. The lowest BCUT2D eigenvalue weighted by atomic mass is 10.1. The molecule has 3 rings (SSSR count). The highest BCUT2D eigenvalue weighted by Gasteiger charge is 2.06. The van der Waals surface area contributed by atoms with Crippen LogP contribution in [0.15, 0.2) is 42.9 Å². The Morgan fingerprint density at radius 3 is 2.65 bits per heavy atom. The van der Waals surface area contributed by atoms with Gasteiger partial charge >= 0.3 is 0 Å². The number of carbonyl (C=O) groups excluding carboxylic acids is 1. The molecular weight excluding hydrogens is 214 g/mol. The van der Waals surface area contributed by atoms with Gasteiger partial charge in [0, 0.05) is 22.7 Å². The van der Waals surface area contributed by atoms with Crippen LogP contribution >= 0.6 is 0 Å². The molecule has 0 aliphatic carbocycles. The van der Waals surface area contributed by atoms with Gasteiger partial charge in [-0.1, -0.05) is 24.3 Å². The molecule has 0 aliphatic rings. The van der Waals surface area contributed by atoms with E-state index in [1.54, 1.807) is 12.1 Å². The summed E-state index contributed by atoms with van der Waals surface area (Å²) in [5, 5.41) is 0.978.